The molecule has 2 saturated heterocycles. The lowest BCUT2D eigenvalue weighted by Crippen LogP contribution is -2.62. The molecule has 5 heteroatoms. The second kappa shape index (κ2) is 9.08. The third-order valence-corrected chi connectivity index (χ3v) is 6.41. The van der Waals surface area contributed by atoms with Crippen LogP contribution in [0.25, 0.3) is 11.1 Å². The van der Waals surface area contributed by atoms with Gasteiger partial charge in [0.15, 0.2) is 0 Å². The van der Waals surface area contributed by atoms with E-state index in [9.17, 15) is 4.79 Å². The fourth-order valence-electron chi connectivity index (χ4n) is 4.49. The van der Waals surface area contributed by atoms with Crippen LogP contribution in [0.1, 0.15) is 23.2 Å². The molecule has 0 aliphatic carbocycles. The minimum Gasteiger partial charge on any atom is -0.379 e. The molecule has 1 N–H and O–H groups in total. The van der Waals surface area contributed by atoms with Crippen molar-refractivity contribution in [2.75, 3.05) is 53.0 Å². The fourth-order valence-corrected chi connectivity index (χ4v) is 4.49. The van der Waals surface area contributed by atoms with Gasteiger partial charge in [-0.2, -0.15) is 0 Å². The number of rotatable bonds is 5. The van der Waals surface area contributed by atoms with Gasteiger partial charge >= 0.3 is 0 Å². The summed E-state index contributed by atoms with van der Waals surface area (Å²) in [5, 5.41) is 3.26. The minimum atomic E-state index is 0.00865. The zero-order valence-corrected chi connectivity index (χ0v) is 17.3. The minimum absolute atomic E-state index is 0.00865. The van der Waals surface area contributed by atoms with Gasteiger partial charge in [-0.25, -0.2) is 0 Å². The Balaban J connectivity index is 1.47. The maximum atomic E-state index is 13.0. The lowest BCUT2D eigenvalue weighted by Gasteiger charge is -2.49. The maximum absolute atomic E-state index is 13.0. The normalized spacial score (nSPS) is 20.3. The molecule has 2 aliphatic rings. The Bertz CT molecular complexity index is 810. The molecule has 154 valence electrons. The molecule has 0 aromatic heterocycles. The fraction of sp³-hybridized carbons (Fsp3) is 0.458. The molecule has 0 radical (unpaired) electrons. The highest BCUT2D eigenvalue weighted by Crippen LogP contribution is 2.29. The van der Waals surface area contributed by atoms with Gasteiger partial charge in [0.2, 0.25) is 0 Å². The Labute approximate surface area is 173 Å². The Morgan fingerprint density at radius 1 is 0.966 bits per heavy atom. The molecule has 2 aliphatic heterocycles. The highest BCUT2D eigenvalue weighted by Gasteiger charge is 2.40. The molecule has 0 bridgehead atoms. The largest absolute Gasteiger partial charge is 0.379 e. The van der Waals surface area contributed by atoms with Crippen molar-refractivity contribution < 1.29 is 9.53 Å². The van der Waals surface area contributed by atoms with Crippen LogP contribution in [0.3, 0.4) is 0 Å². The van der Waals surface area contributed by atoms with Gasteiger partial charge in [-0.1, -0.05) is 42.5 Å². The number of hydrogen-bond donors (Lipinski definition) is 1. The molecule has 1 amide bonds. The molecule has 2 fully saturated rings. The molecular weight excluding hydrogens is 362 g/mol. The number of carbonyl (C=O) groups excluding carboxylic acids is 1. The van der Waals surface area contributed by atoms with E-state index < -0.39 is 0 Å². The molecule has 0 spiro atoms. The van der Waals surface area contributed by atoms with Crippen molar-refractivity contribution in [1.82, 2.24) is 15.1 Å². The van der Waals surface area contributed by atoms with Crippen LogP contribution >= 0.6 is 0 Å². The third-order valence-electron chi connectivity index (χ3n) is 6.41. The van der Waals surface area contributed by atoms with Crippen molar-refractivity contribution in [1.29, 1.82) is 0 Å². The summed E-state index contributed by atoms with van der Waals surface area (Å²) in [6, 6.07) is 18.1. The van der Waals surface area contributed by atoms with E-state index in [1.165, 1.54) is 0 Å². The number of ether oxygens (including phenoxy) is 1. The molecule has 2 aromatic carbocycles. The van der Waals surface area contributed by atoms with Gasteiger partial charge < -0.3 is 15.0 Å². The summed E-state index contributed by atoms with van der Waals surface area (Å²) in [5.74, 6) is 0.00865. The summed E-state index contributed by atoms with van der Waals surface area (Å²) in [4.78, 5) is 17.9. The second-order valence-corrected chi connectivity index (χ2v) is 8.26. The van der Waals surface area contributed by atoms with Gasteiger partial charge in [-0.3, -0.25) is 9.69 Å². The van der Waals surface area contributed by atoms with Crippen molar-refractivity contribution in [3.05, 3.63) is 60.2 Å². The smallest absolute Gasteiger partial charge is 0.251 e. The molecule has 0 atom stereocenters. The van der Waals surface area contributed by atoms with Gasteiger partial charge in [0, 0.05) is 30.7 Å². The van der Waals surface area contributed by atoms with Crippen molar-refractivity contribution in [3.8, 4) is 11.1 Å². The van der Waals surface area contributed by atoms with E-state index >= 15 is 0 Å². The van der Waals surface area contributed by atoms with Crippen molar-refractivity contribution in [2.24, 2.45) is 0 Å². The number of carbonyl (C=O) groups is 1. The van der Waals surface area contributed by atoms with Crippen LogP contribution in [0.5, 0.6) is 0 Å². The van der Waals surface area contributed by atoms with Crippen molar-refractivity contribution in [2.45, 2.75) is 18.4 Å². The number of piperidine rings is 1. The van der Waals surface area contributed by atoms with Crippen LogP contribution in [0, 0.1) is 0 Å². The Kier molecular flexibility index (Phi) is 6.28. The van der Waals surface area contributed by atoms with E-state index in [4.69, 9.17) is 4.74 Å². The molecular formula is C24H31N3O2. The van der Waals surface area contributed by atoms with Gasteiger partial charge in [0.1, 0.15) is 0 Å². The first kappa shape index (κ1) is 20.1. The number of nitrogens with zero attached hydrogens (tertiary/aromatic N) is 2. The Hall–Kier alpha value is -2.21. The summed E-state index contributed by atoms with van der Waals surface area (Å²) < 4.78 is 5.57. The number of morpholine rings is 1. The van der Waals surface area contributed by atoms with Crippen LogP contribution < -0.4 is 5.32 Å². The van der Waals surface area contributed by atoms with E-state index in [2.05, 4.69) is 40.4 Å². The number of amides is 1. The van der Waals surface area contributed by atoms with E-state index in [0.717, 1.165) is 68.9 Å². The second-order valence-electron chi connectivity index (χ2n) is 8.26. The summed E-state index contributed by atoms with van der Waals surface area (Å²) in [7, 11) is 2.18. The van der Waals surface area contributed by atoms with E-state index in [-0.39, 0.29) is 11.4 Å². The number of hydrogen-bond acceptors (Lipinski definition) is 4. The first-order chi connectivity index (χ1) is 14.2. The van der Waals surface area contributed by atoms with E-state index in [1.54, 1.807) is 0 Å². The summed E-state index contributed by atoms with van der Waals surface area (Å²) in [6.07, 6.45) is 2.15. The average molecular weight is 394 g/mol. The standard InChI is InChI=1S/C24H31N3O2/c1-26-12-10-24(11-13-26,27-14-16-29-17-15-27)19-25-23(28)22-9-5-8-21(18-22)20-6-3-2-4-7-20/h2-9,18H,10-17,19H2,1H3,(H,25,28). The van der Waals surface area contributed by atoms with Gasteiger partial charge in [-0.15, -0.1) is 0 Å². The molecule has 2 heterocycles. The van der Waals surface area contributed by atoms with Crippen LogP contribution in [0.2, 0.25) is 0 Å². The average Bonchev–Trinajstić information content (AvgIpc) is 2.80. The van der Waals surface area contributed by atoms with Crippen LogP contribution in [0.15, 0.2) is 54.6 Å². The predicted octanol–water partition coefficient (Wildman–Crippen LogP) is 2.88. The summed E-state index contributed by atoms with van der Waals surface area (Å²) >= 11 is 0. The van der Waals surface area contributed by atoms with Gasteiger partial charge in [0.05, 0.1) is 13.2 Å². The van der Waals surface area contributed by atoms with Crippen molar-refractivity contribution in [3.63, 3.8) is 0 Å². The quantitative estimate of drug-likeness (QED) is 0.849. The van der Waals surface area contributed by atoms with Gasteiger partial charge in [0.25, 0.3) is 5.91 Å². The molecule has 29 heavy (non-hydrogen) atoms. The Morgan fingerprint density at radius 3 is 2.38 bits per heavy atom. The SMILES string of the molecule is CN1CCC(CNC(=O)c2cccc(-c3ccccc3)c2)(N2CCOCC2)CC1. The number of likely N-dealkylation sites (tertiary alicyclic amines) is 1. The molecule has 4 rings (SSSR count). The van der Waals surface area contributed by atoms with E-state index in [0.29, 0.717) is 6.54 Å². The summed E-state index contributed by atoms with van der Waals surface area (Å²) in [6.45, 7) is 6.28. The zero-order chi connectivity index (χ0) is 20.1. The highest BCUT2D eigenvalue weighted by atomic mass is 16.5. The molecule has 0 saturated carbocycles. The molecule has 0 unspecified atom stereocenters. The summed E-state index contributed by atoms with van der Waals surface area (Å²) in [5.41, 5.74) is 2.95. The van der Waals surface area contributed by atoms with Gasteiger partial charge in [-0.05, 0) is 56.2 Å². The monoisotopic (exact) mass is 393 g/mol. The lowest BCUT2D eigenvalue weighted by atomic mass is 9.85. The van der Waals surface area contributed by atoms with Crippen LogP contribution in [0.4, 0.5) is 0 Å². The third kappa shape index (κ3) is 4.69. The lowest BCUT2D eigenvalue weighted by molar-refractivity contribution is -0.0439. The predicted molar refractivity (Wildman–Crippen MR) is 116 cm³/mol. The topological polar surface area (TPSA) is 44.8 Å². The van der Waals surface area contributed by atoms with Crippen LogP contribution in [-0.2, 0) is 4.74 Å². The highest BCUT2D eigenvalue weighted by molar-refractivity contribution is 5.95. The van der Waals surface area contributed by atoms with Crippen molar-refractivity contribution >= 4 is 5.91 Å². The number of nitrogens with one attached hydrogen (secondary N) is 1. The van der Waals surface area contributed by atoms with E-state index in [1.807, 2.05) is 36.4 Å². The number of benzene rings is 2. The Morgan fingerprint density at radius 2 is 1.66 bits per heavy atom. The maximum Gasteiger partial charge on any atom is 0.251 e. The zero-order valence-electron chi connectivity index (χ0n) is 17.3. The first-order valence-corrected chi connectivity index (χ1v) is 10.6. The molecule has 5 nitrogen and oxygen atoms in total. The molecule has 2 aromatic rings. The van der Waals surface area contributed by atoms with Crippen LogP contribution in [-0.4, -0.2) is 74.2 Å². The first-order valence-electron chi connectivity index (χ1n) is 10.6.